The van der Waals surface area contributed by atoms with Crippen LogP contribution in [0.5, 0.6) is 0 Å². The highest BCUT2D eigenvalue weighted by atomic mass is 16.5. The van der Waals surface area contributed by atoms with Crippen molar-refractivity contribution >= 4 is 11.3 Å². The Balaban J connectivity index is 1.54. The average molecular weight is 357 g/mol. The van der Waals surface area contributed by atoms with Crippen molar-refractivity contribution in [3.63, 3.8) is 0 Å². The fourth-order valence-corrected chi connectivity index (χ4v) is 5.28. The Morgan fingerprint density at radius 3 is 3.00 bits per heavy atom. The number of aryl methyl sites for hydroxylation is 1. The zero-order valence-corrected chi connectivity index (χ0v) is 15.5. The Hall–Kier alpha value is -1.70. The molecular formula is C19H27N5O2. The maximum absolute atomic E-state index is 9.93. The van der Waals surface area contributed by atoms with Gasteiger partial charge in [0.25, 0.3) is 0 Å². The summed E-state index contributed by atoms with van der Waals surface area (Å²) in [5, 5.41) is 14.7. The third-order valence-electron chi connectivity index (χ3n) is 6.89. The van der Waals surface area contributed by atoms with E-state index in [0.29, 0.717) is 19.0 Å². The first kappa shape index (κ1) is 16.5. The lowest BCUT2D eigenvalue weighted by molar-refractivity contribution is -0.112. The highest BCUT2D eigenvalue weighted by molar-refractivity contribution is 5.57. The minimum Gasteiger partial charge on any atom is -0.396 e. The van der Waals surface area contributed by atoms with E-state index in [0.717, 1.165) is 36.6 Å². The molecule has 6 rings (SSSR count). The highest BCUT2D eigenvalue weighted by Crippen LogP contribution is 2.65. The minimum absolute atomic E-state index is 0.0170. The van der Waals surface area contributed by atoms with Gasteiger partial charge in [0.1, 0.15) is 5.60 Å². The molecule has 0 aromatic carbocycles. The zero-order chi connectivity index (χ0) is 18.1. The molecule has 1 aliphatic carbocycles. The molecule has 7 nitrogen and oxygen atoms in total. The minimum atomic E-state index is -0.575. The summed E-state index contributed by atoms with van der Waals surface area (Å²) < 4.78 is 8.01. The van der Waals surface area contributed by atoms with Gasteiger partial charge < -0.3 is 20.5 Å². The first-order valence-electron chi connectivity index (χ1n) is 9.59. The molecule has 2 bridgehead atoms. The SMILES string of the molecule is Cc1cc(N2CCC(C)C2)cn2nc(C34CC(CN)(CO3)C4CO)nc12. The van der Waals surface area contributed by atoms with Crippen LogP contribution < -0.4 is 10.6 Å². The molecule has 3 N–H and O–H groups in total. The smallest absolute Gasteiger partial charge is 0.183 e. The summed E-state index contributed by atoms with van der Waals surface area (Å²) in [5.74, 6) is 1.40. The summed E-state index contributed by atoms with van der Waals surface area (Å²) in [5.41, 5.74) is 8.45. The average Bonchev–Trinajstić information content (AvgIpc) is 3.35. The van der Waals surface area contributed by atoms with Gasteiger partial charge in [-0.05, 0) is 37.3 Å². The highest BCUT2D eigenvalue weighted by Gasteiger charge is 2.71. The van der Waals surface area contributed by atoms with E-state index in [1.807, 2.05) is 4.52 Å². The number of pyridine rings is 1. The Morgan fingerprint density at radius 1 is 1.46 bits per heavy atom. The molecule has 4 fully saturated rings. The fourth-order valence-electron chi connectivity index (χ4n) is 5.28. The van der Waals surface area contributed by atoms with Gasteiger partial charge in [-0.15, -0.1) is 5.10 Å². The number of aromatic nitrogens is 3. The summed E-state index contributed by atoms with van der Waals surface area (Å²) in [7, 11) is 0. The van der Waals surface area contributed by atoms with Crippen LogP contribution in [0.4, 0.5) is 5.69 Å². The van der Waals surface area contributed by atoms with Crippen LogP contribution in [0.2, 0.25) is 0 Å². The van der Waals surface area contributed by atoms with Crippen LogP contribution in [0.25, 0.3) is 5.65 Å². The molecule has 4 atom stereocenters. The second kappa shape index (κ2) is 5.41. The van der Waals surface area contributed by atoms with E-state index in [9.17, 15) is 5.11 Å². The van der Waals surface area contributed by atoms with Crippen LogP contribution in [0, 0.1) is 24.2 Å². The van der Waals surface area contributed by atoms with Crippen molar-refractivity contribution in [2.75, 3.05) is 37.7 Å². The number of aliphatic hydroxyl groups is 1. The van der Waals surface area contributed by atoms with Crippen LogP contribution in [0.15, 0.2) is 12.3 Å². The normalized spacial score (nSPS) is 36.1. The molecule has 4 unspecified atom stereocenters. The van der Waals surface area contributed by atoms with E-state index >= 15 is 0 Å². The van der Waals surface area contributed by atoms with Gasteiger partial charge in [-0.2, -0.15) is 0 Å². The monoisotopic (exact) mass is 357 g/mol. The summed E-state index contributed by atoms with van der Waals surface area (Å²) in [6.07, 6.45) is 4.11. The van der Waals surface area contributed by atoms with E-state index < -0.39 is 5.60 Å². The van der Waals surface area contributed by atoms with Gasteiger partial charge in [-0.25, -0.2) is 9.50 Å². The van der Waals surface area contributed by atoms with Crippen molar-refractivity contribution in [2.24, 2.45) is 23.0 Å². The molecule has 4 aliphatic rings. The largest absolute Gasteiger partial charge is 0.396 e. The number of anilines is 1. The van der Waals surface area contributed by atoms with Gasteiger partial charge in [0, 0.05) is 37.6 Å². The third kappa shape index (κ3) is 1.99. The molecular weight excluding hydrogens is 330 g/mol. The maximum Gasteiger partial charge on any atom is 0.183 e. The maximum atomic E-state index is 9.93. The van der Waals surface area contributed by atoms with Gasteiger partial charge in [0.15, 0.2) is 11.5 Å². The lowest BCUT2D eigenvalue weighted by Gasteiger charge is -2.50. The Morgan fingerprint density at radius 2 is 2.31 bits per heavy atom. The van der Waals surface area contributed by atoms with Crippen molar-refractivity contribution in [3.05, 3.63) is 23.7 Å². The summed E-state index contributed by atoms with van der Waals surface area (Å²) in [6, 6.07) is 2.20. The first-order chi connectivity index (χ1) is 12.5. The molecule has 2 aromatic rings. The summed E-state index contributed by atoms with van der Waals surface area (Å²) in [4.78, 5) is 7.23. The fraction of sp³-hybridized carbons (Fsp3) is 0.684. The lowest BCUT2D eigenvalue weighted by atomic mass is 9.54. The number of ether oxygens (including phenoxy) is 1. The molecule has 140 valence electrons. The van der Waals surface area contributed by atoms with E-state index in [4.69, 9.17) is 20.6 Å². The topological polar surface area (TPSA) is 88.9 Å². The van der Waals surface area contributed by atoms with Crippen LogP contribution in [-0.2, 0) is 10.3 Å². The molecule has 7 heteroatoms. The van der Waals surface area contributed by atoms with Crippen LogP contribution in [0.1, 0.15) is 31.2 Å². The Labute approximate surface area is 153 Å². The Kier molecular flexibility index (Phi) is 3.42. The molecule has 0 spiro atoms. The van der Waals surface area contributed by atoms with Gasteiger partial charge in [-0.1, -0.05) is 6.92 Å². The molecule has 1 saturated carbocycles. The van der Waals surface area contributed by atoms with Crippen molar-refractivity contribution in [1.29, 1.82) is 0 Å². The van der Waals surface area contributed by atoms with Crippen LogP contribution in [-0.4, -0.2) is 52.6 Å². The standard InChI is InChI=1S/C19H27N5O2/c1-12-3-4-23(6-12)14-5-13(2)16-21-17(22-24(16)7-14)19-9-18(10-20,11-26-19)15(19)8-25/h5,7,12,15,25H,3-4,6,8-11,20H2,1-2H3. The van der Waals surface area contributed by atoms with Crippen LogP contribution in [0.3, 0.4) is 0 Å². The molecule has 5 heterocycles. The third-order valence-corrected chi connectivity index (χ3v) is 6.89. The molecule has 3 aliphatic heterocycles. The number of aliphatic hydroxyl groups excluding tert-OH is 1. The second-order valence-corrected chi connectivity index (χ2v) is 8.58. The summed E-state index contributed by atoms with van der Waals surface area (Å²) in [6.45, 7) is 7.73. The molecule has 2 aromatic heterocycles. The first-order valence-corrected chi connectivity index (χ1v) is 9.59. The van der Waals surface area contributed by atoms with Gasteiger partial charge in [0.05, 0.1) is 18.5 Å². The van der Waals surface area contributed by atoms with Crippen LogP contribution >= 0.6 is 0 Å². The van der Waals surface area contributed by atoms with E-state index in [2.05, 4.69) is 31.0 Å². The number of hydrogen-bond acceptors (Lipinski definition) is 6. The number of hydrogen-bond donors (Lipinski definition) is 2. The van der Waals surface area contributed by atoms with Gasteiger partial charge in [-0.3, -0.25) is 0 Å². The lowest BCUT2D eigenvalue weighted by Crippen LogP contribution is -2.58. The molecule has 3 saturated heterocycles. The van der Waals surface area contributed by atoms with E-state index in [-0.39, 0.29) is 17.9 Å². The molecule has 0 radical (unpaired) electrons. The quantitative estimate of drug-likeness (QED) is 0.851. The molecule has 26 heavy (non-hydrogen) atoms. The van der Waals surface area contributed by atoms with E-state index in [1.54, 1.807) is 0 Å². The number of fused-ring (bicyclic) bond motifs is 2. The number of rotatable bonds is 4. The van der Waals surface area contributed by atoms with Crippen molar-refractivity contribution in [2.45, 2.75) is 32.3 Å². The predicted molar refractivity (Wildman–Crippen MR) is 98.0 cm³/mol. The van der Waals surface area contributed by atoms with Gasteiger partial charge in [0.2, 0.25) is 0 Å². The predicted octanol–water partition coefficient (Wildman–Crippen LogP) is 1.07. The zero-order valence-electron chi connectivity index (χ0n) is 15.5. The molecule has 0 amide bonds. The summed E-state index contributed by atoms with van der Waals surface area (Å²) >= 11 is 0. The van der Waals surface area contributed by atoms with Crippen molar-refractivity contribution in [1.82, 2.24) is 14.6 Å². The number of nitrogens with zero attached hydrogens (tertiary/aromatic N) is 4. The van der Waals surface area contributed by atoms with Gasteiger partial charge >= 0.3 is 0 Å². The second-order valence-electron chi connectivity index (χ2n) is 8.58. The van der Waals surface area contributed by atoms with Crippen molar-refractivity contribution in [3.8, 4) is 0 Å². The van der Waals surface area contributed by atoms with E-state index in [1.165, 1.54) is 12.1 Å². The van der Waals surface area contributed by atoms with Crippen molar-refractivity contribution < 1.29 is 9.84 Å². The number of nitrogens with two attached hydrogens (primary N) is 1. The Bertz CT molecular complexity index is 867.